The second-order valence-electron chi connectivity index (χ2n) is 8.79. The van der Waals surface area contributed by atoms with Gasteiger partial charge in [0.2, 0.25) is 0 Å². The largest absolute Gasteiger partial charge is 0.387 e. The summed E-state index contributed by atoms with van der Waals surface area (Å²) in [5, 5.41) is 2.88. The molecule has 0 aliphatic carbocycles. The Kier molecular flexibility index (Phi) is 7.92. The number of nitrogens with zero attached hydrogens (tertiary/aromatic N) is 2. The Hall–Kier alpha value is -4.23. The maximum atomic E-state index is 13.6. The van der Waals surface area contributed by atoms with E-state index in [-0.39, 0.29) is 18.2 Å². The third-order valence-electron chi connectivity index (χ3n) is 5.98. The quantitative estimate of drug-likeness (QED) is 0.436. The van der Waals surface area contributed by atoms with Gasteiger partial charge in [-0.05, 0) is 47.9 Å². The third kappa shape index (κ3) is 6.06. The zero-order valence-corrected chi connectivity index (χ0v) is 20.4. The summed E-state index contributed by atoms with van der Waals surface area (Å²) in [6.07, 6.45) is 2.91. The van der Waals surface area contributed by atoms with Gasteiger partial charge in [0.15, 0.2) is 0 Å². The van der Waals surface area contributed by atoms with Crippen molar-refractivity contribution in [2.45, 2.75) is 32.9 Å². The molecule has 0 atom stereocenters. The van der Waals surface area contributed by atoms with Crippen molar-refractivity contribution in [2.75, 3.05) is 11.9 Å². The molecule has 0 saturated heterocycles. The second kappa shape index (κ2) is 11.5. The van der Waals surface area contributed by atoms with Crippen molar-refractivity contribution in [1.29, 1.82) is 0 Å². The van der Waals surface area contributed by atoms with Crippen LogP contribution in [0.4, 0.5) is 11.4 Å². The summed E-state index contributed by atoms with van der Waals surface area (Å²) in [6.45, 7) is 3.65. The number of amidine groups is 1. The first-order valence-electron chi connectivity index (χ1n) is 12.1. The van der Waals surface area contributed by atoms with Crippen LogP contribution in [0, 0.1) is 0 Å². The average molecular weight is 482 g/mol. The minimum absolute atomic E-state index is 0.0725. The molecule has 5 N–H and O–H groups in total. The van der Waals surface area contributed by atoms with Crippen molar-refractivity contribution in [3.8, 4) is 0 Å². The number of carbonyl (C=O) groups excluding carboxylic acids is 2. The number of anilines is 1. The topological polar surface area (TPSA) is 114 Å². The zero-order chi connectivity index (χ0) is 25.5. The Morgan fingerprint density at radius 3 is 2.42 bits per heavy atom. The SMILES string of the molecule is CCCN(Cc1ccc(CN)cc1)C(=O)C1=Cc2ccc(C(=O)Nc3ccccc3)cc2N=C(N)C1. The molecule has 1 aliphatic rings. The molecular formula is C29H31N5O2. The zero-order valence-electron chi connectivity index (χ0n) is 20.4. The molecule has 0 aromatic heterocycles. The van der Waals surface area contributed by atoms with Gasteiger partial charge in [0.1, 0.15) is 5.84 Å². The van der Waals surface area contributed by atoms with E-state index in [2.05, 4.69) is 10.3 Å². The molecular weight excluding hydrogens is 450 g/mol. The lowest BCUT2D eigenvalue weighted by molar-refractivity contribution is -0.127. The van der Waals surface area contributed by atoms with E-state index in [1.807, 2.05) is 72.5 Å². The molecule has 0 bridgehead atoms. The maximum absolute atomic E-state index is 13.6. The molecule has 1 aliphatic heterocycles. The van der Waals surface area contributed by atoms with E-state index in [9.17, 15) is 9.59 Å². The van der Waals surface area contributed by atoms with Gasteiger partial charge in [-0.2, -0.15) is 0 Å². The highest BCUT2D eigenvalue weighted by molar-refractivity contribution is 6.07. The van der Waals surface area contributed by atoms with Crippen molar-refractivity contribution in [1.82, 2.24) is 4.90 Å². The van der Waals surface area contributed by atoms with Crippen molar-refractivity contribution in [3.63, 3.8) is 0 Å². The van der Waals surface area contributed by atoms with Crippen LogP contribution in [-0.2, 0) is 17.9 Å². The number of hydrogen-bond donors (Lipinski definition) is 3. The molecule has 36 heavy (non-hydrogen) atoms. The molecule has 4 rings (SSSR count). The van der Waals surface area contributed by atoms with E-state index in [0.717, 1.165) is 23.1 Å². The van der Waals surface area contributed by atoms with Crippen molar-refractivity contribution in [3.05, 3.63) is 101 Å². The van der Waals surface area contributed by atoms with Crippen LogP contribution in [0.25, 0.3) is 6.08 Å². The van der Waals surface area contributed by atoms with Crippen LogP contribution in [0.3, 0.4) is 0 Å². The molecule has 0 unspecified atom stereocenters. The molecule has 1 heterocycles. The number of rotatable bonds is 8. The summed E-state index contributed by atoms with van der Waals surface area (Å²) in [6, 6.07) is 22.5. The normalized spacial score (nSPS) is 12.6. The first-order chi connectivity index (χ1) is 17.5. The number of amides is 2. The van der Waals surface area contributed by atoms with Crippen LogP contribution in [-0.4, -0.2) is 29.1 Å². The minimum Gasteiger partial charge on any atom is -0.387 e. The molecule has 2 amide bonds. The van der Waals surface area contributed by atoms with Gasteiger partial charge in [-0.1, -0.05) is 55.5 Å². The lowest BCUT2D eigenvalue weighted by Crippen LogP contribution is -2.33. The predicted molar refractivity (Wildman–Crippen MR) is 145 cm³/mol. The van der Waals surface area contributed by atoms with E-state index in [4.69, 9.17) is 11.5 Å². The highest BCUT2D eigenvalue weighted by Crippen LogP contribution is 2.29. The van der Waals surface area contributed by atoms with Crippen LogP contribution < -0.4 is 16.8 Å². The number of nitrogens with one attached hydrogen (secondary N) is 1. The predicted octanol–water partition coefficient (Wildman–Crippen LogP) is 4.61. The van der Waals surface area contributed by atoms with Crippen molar-refractivity contribution < 1.29 is 9.59 Å². The number of aliphatic imine (C=N–C) groups is 1. The van der Waals surface area contributed by atoms with Crippen LogP contribution in [0.2, 0.25) is 0 Å². The Labute approximate surface area is 211 Å². The monoisotopic (exact) mass is 481 g/mol. The molecule has 0 fully saturated rings. The fourth-order valence-electron chi connectivity index (χ4n) is 4.12. The molecule has 0 radical (unpaired) electrons. The van der Waals surface area contributed by atoms with Crippen LogP contribution >= 0.6 is 0 Å². The summed E-state index contributed by atoms with van der Waals surface area (Å²) < 4.78 is 0. The van der Waals surface area contributed by atoms with Gasteiger partial charge in [0.05, 0.1) is 5.69 Å². The number of fused-ring (bicyclic) bond motifs is 1. The standard InChI is InChI=1S/C29H31N5O2/c1-2-14-34(19-21-10-8-20(18-30)9-11-21)29(36)24-15-22-12-13-23(16-26(22)33-27(31)17-24)28(35)32-25-6-4-3-5-7-25/h3-13,15-16H,2,14,17-19,30H2,1H3,(H2,31,33)(H,32,35). The van der Waals surface area contributed by atoms with E-state index in [0.29, 0.717) is 48.0 Å². The summed E-state index contributed by atoms with van der Waals surface area (Å²) in [5.41, 5.74) is 17.1. The van der Waals surface area contributed by atoms with Gasteiger partial charge in [-0.15, -0.1) is 0 Å². The molecule has 7 nitrogen and oxygen atoms in total. The molecule has 3 aromatic carbocycles. The molecule has 0 saturated carbocycles. The Bertz CT molecular complexity index is 1300. The number of carbonyl (C=O) groups is 2. The Morgan fingerprint density at radius 1 is 1.00 bits per heavy atom. The van der Waals surface area contributed by atoms with Gasteiger partial charge in [-0.3, -0.25) is 9.59 Å². The third-order valence-corrected chi connectivity index (χ3v) is 5.98. The van der Waals surface area contributed by atoms with E-state index >= 15 is 0 Å². The number of benzene rings is 3. The van der Waals surface area contributed by atoms with Gasteiger partial charge >= 0.3 is 0 Å². The summed E-state index contributed by atoms with van der Waals surface area (Å²) >= 11 is 0. The van der Waals surface area contributed by atoms with Gasteiger partial charge < -0.3 is 21.7 Å². The molecule has 3 aromatic rings. The van der Waals surface area contributed by atoms with Gasteiger partial charge in [-0.25, -0.2) is 4.99 Å². The second-order valence-corrected chi connectivity index (χ2v) is 8.79. The summed E-state index contributed by atoms with van der Waals surface area (Å²) in [4.78, 5) is 32.7. The first-order valence-corrected chi connectivity index (χ1v) is 12.1. The summed E-state index contributed by atoms with van der Waals surface area (Å²) in [7, 11) is 0. The maximum Gasteiger partial charge on any atom is 0.255 e. The van der Waals surface area contributed by atoms with Crippen molar-refractivity contribution in [2.24, 2.45) is 16.5 Å². The lowest BCUT2D eigenvalue weighted by Gasteiger charge is -2.23. The van der Waals surface area contributed by atoms with Gasteiger partial charge in [0, 0.05) is 48.4 Å². The lowest BCUT2D eigenvalue weighted by atomic mass is 10.0. The van der Waals surface area contributed by atoms with E-state index in [1.165, 1.54) is 0 Å². The number of hydrogen-bond acceptors (Lipinski definition) is 5. The Balaban J connectivity index is 1.57. The van der Waals surface area contributed by atoms with Crippen LogP contribution in [0.1, 0.15) is 46.8 Å². The van der Waals surface area contributed by atoms with E-state index < -0.39 is 0 Å². The molecule has 7 heteroatoms. The van der Waals surface area contributed by atoms with Gasteiger partial charge in [0.25, 0.3) is 11.8 Å². The average Bonchev–Trinajstić information content (AvgIpc) is 3.06. The molecule has 0 spiro atoms. The highest BCUT2D eigenvalue weighted by Gasteiger charge is 2.22. The van der Waals surface area contributed by atoms with Crippen LogP contribution in [0.15, 0.2) is 83.4 Å². The minimum atomic E-state index is -0.239. The summed E-state index contributed by atoms with van der Waals surface area (Å²) in [5.74, 6) is 0.0198. The highest BCUT2D eigenvalue weighted by atomic mass is 16.2. The Morgan fingerprint density at radius 2 is 1.72 bits per heavy atom. The number of nitrogens with two attached hydrogens (primary N) is 2. The smallest absolute Gasteiger partial charge is 0.255 e. The fraction of sp³-hybridized carbons (Fsp3) is 0.207. The molecule has 184 valence electrons. The first kappa shape index (κ1) is 24.9. The fourth-order valence-corrected chi connectivity index (χ4v) is 4.12. The van der Waals surface area contributed by atoms with Crippen molar-refractivity contribution >= 4 is 35.1 Å². The van der Waals surface area contributed by atoms with Crippen LogP contribution in [0.5, 0.6) is 0 Å². The van der Waals surface area contributed by atoms with E-state index in [1.54, 1.807) is 18.2 Å². The number of para-hydroxylation sites is 1.